The first kappa shape index (κ1) is 35.5. The first-order chi connectivity index (χ1) is 23.2. The fourth-order valence-corrected chi connectivity index (χ4v) is 10.7. The molecular formula is C34H44FN3O10Si. The van der Waals surface area contributed by atoms with E-state index >= 15 is 4.11 Å². The number of para-hydroxylation sites is 1. The van der Waals surface area contributed by atoms with Crippen LogP contribution < -0.4 is 10.2 Å². The van der Waals surface area contributed by atoms with Crippen LogP contribution in [0.15, 0.2) is 48.5 Å². The first-order valence-corrected chi connectivity index (χ1v) is 19.6. The maximum Gasteiger partial charge on any atom is 0.264 e. The molecule has 0 aliphatic carbocycles. The molecule has 15 heteroatoms. The highest BCUT2D eigenvalue weighted by molar-refractivity contribution is 6.72. The van der Waals surface area contributed by atoms with Crippen LogP contribution in [0.1, 0.15) is 37.3 Å². The Bertz CT molecular complexity index is 1590. The Labute approximate surface area is 284 Å². The summed E-state index contributed by atoms with van der Waals surface area (Å²) in [6, 6.07) is 13.5. The monoisotopic (exact) mass is 701 g/mol. The summed E-state index contributed by atoms with van der Waals surface area (Å²) < 4.78 is 27.9. The Morgan fingerprint density at radius 2 is 1.80 bits per heavy atom. The number of fused-ring (bicyclic) bond motifs is 2. The van der Waals surface area contributed by atoms with Crippen molar-refractivity contribution in [3.63, 3.8) is 0 Å². The quantitative estimate of drug-likeness (QED) is 0.172. The van der Waals surface area contributed by atoms with Crippen LogP contribution >= 0.6 is 0 Å². The van der Waals surface area contributed by atoms with E-state index in [1.165, 1.54) is 0 Å². The third-order valence-corrected chi connectivity index (χ3v) is 13.0. The molecule has 2 aromatic carbocycles. The van der Waals surface area contributed by atoms with Gasteiger partial charge in [-0.15, -0.1) is 0 Å². The second kappa shape index (κ2) is 13.4. The molecule has 49 heavy (non-hydrogen) atoms. The van der Waals surface area contributed by atoms with Crippen LogP contribution in [0.2, 0.25) is 18.6 Å². The highest BCUT2D eigenvalue weighted by Crippen LogP contribution is 2.60. The van der Waals surface area contributed by atoms with Gasteiger partial charge in [-0.2, -0.15) is 0 Å². The van der Waals surface area contributed by atoms with Crippen LogP contribution in [0.5, 0.6) is 0 Å². The number of anilines is 2. The van der Waals surface area contributed by atoms with Crippen molar-refractivity contribution >= 4 is 37.5 Å². The van der Waals surface area contributed by atoms with Gasteiger partial charge in [0.2, 0.25) is 14.3 Å². The number of amides is 3. The zero-order valence-electron chi connectivity index (χ0n) is 27.6. The van der Waals surface area contributed by atoms with Gasteiger partial charge in [-0.25, -0.2) is 0 Å². The highest BCUT2D eigenvalue weighted by atomic mass is 28.4. The van der Waals surface area contributed by atoms with Gasteiger partial charge in [-0.05, 0) is 49.7 Å². The average molecular weight is 702 g/mol. The molecule has 0 radical (unpaired) electrons. The number of ether oxygens (including phenoxy) is 2. The van der Waals surface area contributed by atoms with Crippen molar-refractivity contribution in [3.05, 3.63) is 59.7 Å². The number of benzene rings is 2. The average Bonchev–Trinajstić information content (AvgIpc) is 3.72. The maximum atomic E-state index is 16.2. The van der Waals surface area contributed by atoms with Gasteiger partial charge < -0.3 is 54.2 Å². The van der Waals surface area contributed by atoms with E-state index in [0.29, 0.717) is 29.8 Å². The van der Waals surface area contributed by atoms with Crippen molar-refractivity contribution in [1.29, 1.82) is 0 Å². The van der Waals surface area contributed by atoms with Gasteiger partial charge in [0.25, 0.3) is 11.8 Å². The van der Waals surface area contributed by atoms with Gasteiger partial charge in [-0.3, -0.25) is 14.4 Å². The molecule has 1 spiro atoms. The lowest BCUT2D eigenvalue weighted by molar-refractivity contribution is -0.274. The number of halogens is 1. The number of nitrogens with zero attached hydrogens (tertiary/aromatic N) is 2. The third kappa shape index (κ3) is 6.20. The molecule has 10 atom stereocenters. The topological polar surface area (TPSA) is 189 Å². The summed E-state index contributed by atoms with van der Waals surface area (Å²) in [7, 11) is -3.51. The molecule has 0 bridgehead atoms. The summed E-state index contributed by atoms with van der Waals surface area (Å²) in [4.78, 5) is 44.3. The number of aliphatic hydroxyl groups is 5. The summed E-state index contributed by atoms with van der Waals surface area (Å²) in [5.41, 5.74) is -0.142. The number of rotatable bonds is 8. The van der Waals surface area contributed by atoms with E-state index in [0.717, 1.165) is 6.42 Å². The molecule has 6 N–H and O–H groups in total. The predicted octanol–water partition coefficient (Wildman–Crippen LogP) is 1.12. The molecule has 4 aliphatic rings. The van der Waals surface area contributed by atoms with Gasteiger partial charge in [0.05, 0.1) is 37.4 Å². The molecule has 0 saturated carbocycles. The van der Waals surface area contributed by atoms with Gasteiger partial charge in [0.1, 0.15) is 18.3 Å². The minimum atomic E-state index is -3.51. The third-order valence-electron chi connectivity index (χ3n) is 10.5. The van der Waals surface area contributed by atoms with Crippen LogP contribution in [0.3, 0.4) is 0 Å². The lowest BCUT2D eigenvalue weighted by Crippen LogP contribution is -2.60. The van der Waals surface area contributed by atoms with E-state index in [9.17, 15) is 39.9 Å². The summed E-state index contributed by atoms with van der Waals surface area (Å²) in [5, 5.41) is 52.2. The van der Waals surface area contributed by atoms with E-state index in [-0.39, 0.29) is 43.1 Å². The van der Waals surface area contributed by atoms with Gasteiger partial charge in [-0.1, -0.05) is 37.3 Å². The van der Waals surface area contributed by atoms with Crippen LogP contribution in [-0.2, 0) is 36.0 Å². The Balaban J connectivity index is 1.25. The van der Waals surface area contributed by atoms with E-state index in [4.69, 9.17) is 9.47 Å². The molecular weight excluding hydrogens is 657 g/mol. The van der Waals surface area contributed by atoms with Crippen LogP contribution in [0.4, 0.5) is 15.5 Å². The first-order valence-electron chi connectivity index (χ1n) is 16.6. The molecule has 4 heterocycles. The number of hydrogen-bond acceptors (Lipinski definition) is 10. The largest absolute Gasteiger partial charge is 0.394 e. The molecule has 3 amide bonds. The van der Waals surface area contributed by atoms with E-state index < -0.39 is 68.2 Å². The second-order valence-electron chi connectivity index (χ2n) is 14.1. The number of aliphatic hydroxyl groups excluding tert-OH is 5. The van der Waals surface area contributed by atoms with Crippen molar-refractivity contribution in [1.82, 2.24) is 4.90 Å². The SMILES string of the molecule is C[C@@H]1[C@@H]([Si](C)(C)F)[C@H](CC(=O)N2CCC[C@H]2CO)O[C@@]12C(=O)N(Cc1cccc(NC(=O)[C@H]3O[C@@H](O)[C@H](O)[C@@H](O)[C@@H]3O)c1)c1ccccc12. The number of nitrogens with one attached hydrogen (secondary N) is 1. The standard InChI is InChI=1S/C34H44FN3O10Si/c1-18-30(49(2,3)35)24(15-25(40)37-13-7-10-21(37)17-39)48-34(18)22-11-4-5-12-23(22)38(33(34)46)16-19-8-6-9-20(14-19)36-31(44)29-27(42)26(41)28(43)32(45)47-29/h4-6,8-9,11-12,14,18,21,24,26-30,32,39,41-43,45H,7,10,13,15-17H2,1-3H3,(H,36,44)/t18-,21+,24+,26+,27+,28-,29+,30-,32-,34+/m1/s1. The summed E-state index contributed by atoms with van der Waals surface area (Å²) >= 11 is 0. The van der Waals surface area contributed by atoms with Crippen molar-refractivity contribution in [3.8, 4) is 0 Å². The normalized spacial score (nSPS) is 34.5. The van der Waals surface area contributed by atoms with Crippen LogP contribution in [0.25, 0.3) is 0 Å². The zero-order valence-corrected chi connectivity index (χ0v) is 28.6. The lowest BCUT2D eigenvalue weighted by atomic mass is 9.82. The molecule has 266 valence electrons. The summed E-state index contributed by atoms with van der Waals surface area (Å²) in [5.74, 6) is -2.08. The predicted molar refractivity (Wildman–Crippen MR) is 176 cm³/mol. The van der Waals surface area contributed by atoms with Gasteiger partial charge >= 0.3 is 0 Å². The Morgan fingerprint density at radius 1 is 1.06 bits per heavy atom. The van der Waals surface area contributed by atoms with E-state index in [1.807, 2.05) is 6.92 Å². The van der Waals surface area contributed by atoms with E-state index in [2.05, 4.69) is 5.32 Å². The van der Waals surface area contributed by atoms with Crippen molar-refractivity contribution in [2.24, 2.45) is 5.92 Å². The number of carbonyl (C=O) groups excluding carboxylic acids is 3. The summed E-state index contributed by atoms with van der Waals surface area (Å²) in [6.07, 6.45) is -8.41. The highest BCUT2D eigenvalue weighted by Gasteiger charge is 2.67. The summed E-state index contributed by atoms with van der Waals surface area (Å²) in [6.45, 7) is 5.38. The molecule has 3 fully saturated rings. The Hall–Kier alpha value is -3.28. The van der Waals surface area contributed by atoms with Gasteiger partial charge in [0, 0.05) is 29.3 Å². The Morgan fingerprint density at radius 3 is 2.51 bits per heavy atom. The zero-order chi connectivity index (χ0) is 35.4. The molecule has 6 rings (SSSR count). The Kier molecular flexibility index (Phi) is 9.75. The van der Waals surface area contributed by atoms with E-state index in [1.54, 1.807) is 71.4 Å². The molecule has 0 unspecified atom stereocenters. The van der Waals surface area contributed by atoms with Crippen molar-refractivity contribution < 1.29 is 53.5 Å². The molecule has 0 aromatic heterocycles. The van der Waals surface area contributed by atoms with Crippen molar-refractivity contribution in [2.45, 2.75) is 99.8 Å². The maximum absolute atomic E-state index is 16.2. The molecule has 2 aromatic rings. The van der Waals surface area contributed by atoms with Gasteiger partial charge in [0.15, 0.2) is 18.0 Å². The van der Waals surface area contributed by atoms with Crippen LogP contribution in [0, 0.1) is 5.92 Å². The number of carbonyl (C=O) groups is 3. The fourth-order valence-electron chi connectivity index (χ4n) is 8.22. The smallest absolute Gasteiger partial charge is 0.264 e. The molecule has 4 aliphatic heterocycles. The molecule has 13 nitrogen and oxygen atoms in total. The number of hydrogen-bond donors (Lipinski definition) is 6. The fraction of sp³-hybridized carbons (Fsp3) is 0.559. The van der Waals surface area contributed by atoms with Crippen molar-refractivity contribution in [2.75, 3.05) is 23.4 Å². The minimum Gasteiger partial charge on any atom is -0.394 e. The molecule has 3 saturated heterocycles. The lowest BCUT2D eigenvalue weighted by Gasteiger charge is -2.37. The second-order valence-corrected chi connectivity index (χ2v) is 17.9. The number of likely N-dealkylation sites (tertiary alicyclic amines) is 1. The van der Waals surface area contributed by atoms with Crippen LogP contribution in [-0.4, -0.2) is 113 Å². The minimum absolute atomic E-state index is 0.0558.